The number of rotatable bonds is 2. The van der Waals surface area contributed by atoms with Gasteiger partial charge in [-0.25, -0.2) is 0 Å². The van der Waals surface area contributed by atoms with Gasteiger partial charge in [0.05, 0.1) is 30.1 Å². The minimum Gasteiger partial charge on any atom is -0.274 e. The number of hydrogen-bond donors (Lipinski definition) is 0. The van der Waals surface area contributed by atoms with E-state index >= 15 is 0 Å². The van der Waals surface area contributed by atoms with E-state index in [1.807, 2.05) is 12.1 Å². The van der Waals surface area contributed by atoms with Crippen LogP contribution in [0, 0.1) is 11.3 Å². The number of hydrogen-bond acceptors (Lipinski definition) is 2. The predicted octanol–water partition coefficient (Wildman–Crippen LogP) is 2.23. The average Bonchev–Trinajstić information content (AvgIpc) is 2.06. The molecule has 0 amide bonds. The Morgan fingerprint density at radius 2 is 2.36 bits per heavy atom. The van der Waals surface area contributed by atoms with Crippen LogP contribution in [-0.4, -0.2) is 0 Å². The fourth-order valence-electron chi connectivity index (χ4n) is 0.794. The van der Waals surface area contributed by atoms with E-state index in [2.05, 4.69) is 4.29 Å². The smallest absolute Gasteiger partial charge is 0.0991 e. The number of halogens is 1. The lowest BCUT2D eigenvalue weighted by Gasteiger charge is -1.95. The summed E-state index contributed by atoms with van der Waals surface area (Å²) >= 11 is 5.05. The third kappa shape index (κ3) is 2.23. The van der Waals surface area contributed by atoms with Crippen molar-refractivity contribution in [3.8, 4) is 6.07 Å². The number of nitrogens with zero attached hydrogens (tertiary/aromatic N) is 1. The van der Waals surface area contributed by atoms with Gasteiger partial charge in [0.2, 0.25) is 0 Å². The first-order valence-corrected chi connectivity index (χ1v) is 3.40. The Morgan fingerprint density at radius 3 is 3.00 bits per heavy atom. The van der Waals surface area contributed by atoms with Crippen molar-refractivity contribution < 1.29 is 4.29 Å². The van der Waals surface area contributed by atoms with Gasteiger partial charge >= 0.3 is 0 Å². The highest BCUT2D eigenvalue weighted by atomic mass is 35.5. The maximum atomic E-state index is 8.51. The molecule has 0 radical (unpaired) electrons. The van der Waals surface area contributed by atoms with Crippen LogP contribution in [0.5, 0.6) is 0 Å². The van der Waals surface area contributed by atoms with Gasteiger partial charge in [-0.15, -0.1) is 0 Å². The lowest BCUT2D eigenvalue weighted by atomic mass is 10.1. The van der Waals surface area contributed by atoms with Gasteiger partial charge in [-0.3, -0.25) is 4.29 Å². The van der Waals surface area contributed by atoms with Crippen LogP contribution in [0.1, 0.15) is 11.1 Å². The molecule has 11 heavy (non-hydrogen) atoms. The Balaban J connectivity index is 2.85. The van der Waals surface area contributed by atoms with E-state index in [1.54, 1.807) is 18.2 Å². The normalized spacial score (nSPS) is 9.09. The van der Waals surface area contributed by atoms with Crippen LogP contribution in [0.15, 0.2) is 24.3 Å². The Morgan fingerprint density at radius 1 is 1.55 bits per heavy atom. The molecule has 0 aliphatic heterocycles. The quantitative estimate of drug-likeness (QED) is 0.677. The zero-order chi connectivity index (χ0) is 8.10. The fourth-order valence-corrected chi connectivity index (χ4v) is 0.920. The average molecular weight is 168 g/mol. The molecule has 0 unspecified atom stereocenters. The summed E-state index contributed by atoms with van der Waals surface area (Å²) in [7, 11) is 0. The molecule has 0 heterocycles. The minimum absolute atomic E-state index is 0.330. The Bertz CT molecular complexity index is 280. The first-order valence-electron chi connectivity index (χ1n) is 3.09. The molecule has 56 valence electrons. The molecule has 0 aliphatic carbocycles. The van der Waals surface area contributed by atoms with Crippen molar-refractivity contribution in [2.75, 3.05) is 0 Å². The highest BCUT2D eigenvalue weighted by Gasteiger charge is 1.93. The topological polar surface area (TPSA) is 33.0 Å². The van der Waals surface area contributed by atoms with E-state index in [0.717, 1.165) is 5.56 Å². The molecule has 0 N–H and O–H groups in total. The van der Waals surface area contributed by atoms with Crippen LogP contribution in [-0.2, 0) is 10.9 Å². The van der Waals surface area contributed by atoms with Gasteiger partial charge in [0.25, 0.3) is 0 Å². The maximum absolute atomic E-state index is 8.51. The number of benzene rings is 1. The van der Waals surface area contributed by atoms with Crippen molar-refractivity contribution in [1.82, 2.24) is 0 Å². The van der Waals surface area contributed by atoms with Gasteiger partial charge in [-0.05, 0) is 17.7 Å². The van der Waals surface area contributed by atoms with E-state index in [0.29, 0.717) is 12.2 Å². The molecule has 0 saturated carbocycles. The molecule has 0 bridgehead atoms. The van der Waals surface area contributed by atoms with Crippen LogP contribution in [0.25, 0.3) is 0 Å². The molecular weight excluding hydrogens is 162 g/mol. The Labute approximate surface area is 70.1 Å². The largest absolute Gasteiger partial charge is 0.274 e. The minimum atomic E-state index is 0.330. The monoisotopic (exact) mass is 167 g/mol. The summed E-state index contributed by atoms with van der Waals surface area (Å²) in [5, 5.41) is 8.51. The summed E-state index contributed by atoms with van der Waals surface area (Å²) in [6, 6.07) is 9.15. The van der Waals surface area contributed by atoms with Crippen molar-refractivity contribution in [2.24, 2.45) is 0 Å². The SMILES string of the molecule is N#Cc1cccc(COCl)c1. The highest BCUT2D eigenvalue weighted by Crippen LogP contribution is 2.05. The Hall–Kier alpha value is -1.04. The van der Waals surface area contributed by atoms with Crippen molar-refractivity contribution in [1.29, 1.82) is 5.26 Å². The molecule has 0 spiro atoms. The van der Waals surface area contributed by atoms with Crippen LogP contribution < -0.4 is 0 Å². The van der Waals surface area contributed by atoms with E-state index in [-0.39, 0.29) is 0 Å². The lowest BCUT2D eigenvalue weighted by molar-refractivity contribution is 0.341. The van der Waals surface area contributed by atoms with E-state index in [1.165, 1.54) is 0 Å². The standard InChI is InChI=1S/C8H6ClNO/c9-11-6-8-3-1-2-7(4-8)5-10/h1-4H,6H2. The Kier molecular flexibility index (Phi) is 2.91. The van der Waals surface area contributed by atoms with Crippen LogP contribution >= 0.6 is 11.9 Å². The molecular formula is C8H6ClNO. The summed E-state index contributed by atoms with van der Waals surface area (Å²) in [5.41, 5.74) is 1.52. The summed E-state index contributed by atoms with van der Waals surface area (Å²) in [4.78, 5) is 0. The predicted molar refractivity (Wildman–Crippen MR) is 41.8 cm³/mol. The molecule has 0 aliphatic rings. The van der Waals surface area contributed by atoms with E-state index in [4.69, 9.17) is 17.1 Å². The number of nitriles is 1. The van der Waals surface area contributed by atoms with Crippen LogP contribution in [0.2, 0.25) is 0 Å². The van der Waals surface area contributed by atoms with Gasteiger partial charge in [-0.2, -0.15) is 5.26 Å². The molecule has 1 aromatic carbocycles. The molecule has 2 nitrogen and oxygen atoms in total. The lowest BCUT2D eigenvalue weighted by Crippen LogP contribution is -1.84. The third-order valence-corrected chi connectivity index (χ3v) is 1.39. The third-order valence-electron chi connectivity index (χ3n) is 1.28. The summed E-state index contributed by atoms with van der Waals surface area (Å²) in [6.07, 6.45) is 0. The van der Waals surface area contributed by atoms with Crippen molar-refractivity contribution in [2.45, 2.75) is 6.61 Å². The van der Waals surface area contributed by atoms with E-state index in [9.17, 15) is 0 Å². The summed E-state index contributed by atoms with van der Waals surface area (Å²) < 4.78 is 4.39. The zero-order valence-electron chi connectivity index (χ0n) is 5.75. The maximum Gasteiger partial charge on any atom is 0.0991 e. The summed E-state index contributed by atoms with van der Waals surface area (Å²) in [6.45, 7) is 0.330. The van der Waals surface area contributed by atoms with Gasteiger partial charge in [0.15, 0.2) is 0 Å². The zero-order valence-corrected chi connectivity index (χ0v) is 6.51. The summed E-state index contributed by atoms with van der Waals surface area (Å²) in [5.74, 6) is 0. The van der Waals surface area contributed by atoms with Crippen LogP contribution in [0.4, 0.5) is 0 Å². The van der Waals surface area contributed by atoms with Crippen molar-refractivity contribution >= 4 is 11.9 Å². The van der Waals surface area contributed by atoms with Gasteiger partial charge in [0, 0.05) is 0 Å². The first kappa shape index (κ1) is 8.06. The molecule has 1 aromatic rings. The van der Waals surface area contributed by atoms with Crippen LogP contribution in [0.3, 0.4) is 0 Å². The first-order chi connectivity index (χ1) is 5.36. The second-order valence-corrected chi connectivity index (χ2v) is 2.28. The van der Waals surface area contributed by atoms with Gasteiger partial charge in [-0.1, -0.05) is 12.1 Å². The molecule has 0 saturated heterocycles. The van der Waals surface area contributed by atoms with Crippen molar-refractivity contribution in [3.05, 3.63) is 35.4 Å². The molecule has 0 atom stereocenters. The molecule has 0 fully saturated rings. The van der Waals surface area contributed by atoms with Gasteiger partial charge in [0.1, 0.15) is 0 Å². The highest BCUT2D eigenvalue weighted by molar-refractivity contribution is 6.07. The molecule has 0 aromatic heterocycles. The molecule has 1 rings (SSSR count). The van der Waals surface area contributed by atoms with Crippen molar-refractivity contribution in [3.63, 3.8) is 0 Å². The molecule has 3 heteroatoms. The fraction of sp³-hybridized carbons (Fsp3) is 0.125. The van der Waals surface area contributed by atoms with E-state index < -0.39 is 0 Å². The second kappa shape index (κ2) is 3.97. The second-order valence-electron chi connectivity index (χ2n) is 2.07. The van der Waals surface area contributed by atoms with Gasteiger partial charge < -0.3 is 0 Å².